The minimum Gasteiger partial charge on any atom is -0.327 e. The second kappa shape index (κ2) is 5.69. The van der Waals surface area contributed by atoms with Crippen LogP contribution in [0.4, 0.5) is 17.6 Å². The summed E-state index contributed by atoms with van der Waals surface area (Å²) in [7, 11) is 0. The maximum absolute atomic E-state index is 13.1. The molecule has 0 aliphatic heterocycles. The van der Waals surface area contributed by atoms with Crippen molar-refractivity contribution >= 4 is 0 Å². The third kappa shape index (κ3) is 4.29. The van der Waals surface area contributed by atoms with Crippen molar-refractivity contribution in [3.8, 4) is 0 Å². The molecule has 2 N–H and O–H groups in total. The van der Waals surface area contributed by atoms with Crippen molar-refractivity contribution in [3.63, 3.8) is 0 Å². The van der Waals surface area contributed by atoms with E-state index in [2.05, 4.69) is 0 Å². The first-order valence-electron chi connectivity index (χ1n) is 5.81. The Kier molecular flexibility index (Phi) is 4.73. The molecule has 18 heavy (non-hydrogen) atoms. The number of halogens is 4. The molecule has 5 heteroatoms. The zero-order valence-corrected chi connectivity index (χ0v) is 10.4. The Labute approximate surface area is 104 Å². The van der Waals surface area contributed by atoms with Crippen LogP contribution in [0.25, 0.3) is 0 Å². The van der Waals surface area contributed by atoms with Crippen LogP contribution in [0.3, 0.4) is 0 Å². The molecule has 0 radical (unpaired) electrons. The van der Waals surface area contributed by atoms with Crippen molar-refractivity contribution in [1.82, 2.24) is 0 Å². The van der Waals surface area contributed by atoms with Crippen molar-refractivity contribution < 1.29 is 17.6 Å². The first kappa shape index (κ1) is 15.0. The highest BCUT2D eigenvalue weighted by Crippen LogP contribution is 2.32. The number of rotatable bonds is 4. The summed E-state index contributed by atoms with van der Waals surface area (Å²) in [6.07, 6.45) is -3.62. The lowest BCUT2D eigenvalue weighted by atomic mass is 9.97. The maximum atomic E-state index is 13.1. The molecule has 1 unspecified atom stereocenters. The van der Waals surface area contributed by atoms with E-state index < -0.39 is 17.6 Å². The molecule has 1 aromatic carbocycles. The van der Waals surface area contributed by atoms with Gasteiger partial charge in [0.25, 0.3) is 0 Å². The highest BCUT2D eigenvalue weighted by atomic mass is 19.4. The quantitative estimate of drug-likeness (QED) is 0.822. The molecule has 102 valence electrons. The number of benzene rings is 1. The van der Waals surface area contributed by atoms with Gasteiger partial charge in [-0.1, -0.05) is 19.9 Å². The molecule has 1 rings (SSSR count). The zero-order valence-electron chi connectivity index (χ0n) is 10.4. The molecule has 0 heterocycles. The molecule has 0 aliphatic rings. The van der Waals surface area contributed by atoms with Gasteiger partial charge in [-0.3, -0.25) is 0 Å². The summed E-state index contributed by atoms with van der Waals surface area (Å²) in [6, 6.07) is 2.83. The zero-order chi connectivity index (χ0) is 13.9. The summed E-state index contributed by atoms with van der Waals surface area (Å²) >= 11 is 0. The second-order valence-electron chi connectivity index (χ2n) is 4.91. The van der Waals surface area contributed by atoms with Gasteiger partial charge in [-0.15, -0.1) is 0 Å². The largest absolute Gasteiger partial charge is 0.419 e. The van der Waals surface area contributed by atoms with E-state index >= 15 is 0 Å². The van der Waals surface area contributed by atoms with Crippen LogP contribution >= 0.6 is 0 Å². The molecular formula is C13H17F4N. The molecule has 0 fully saturated rings. The van der Waals surface area contributed by atoms with Crippen LogP contribution in [0.5, 0.6) is 0 Å². The lowest BCUT2D eigenvalue weighted by Crippen LogP contribution is -2.25. The van der Waals surface area contributed by atoms with Crippen molar-refractivity contribution in [2.45, 2.75) is 38.9 Å². The highest BCUT2D eigenvalue weighted by molar-refractivity contribution is 5.27. The van der Waals surface area contributed by atoms with Crippen LogP contribution in [0.2, 0.25) is 0 Å². The summed E-state index contributed by atoms with van der Waals surface area (Å²) in [5, 5.41) is 0. The van der Waals surface area contributed by atoms with E-state index in [9.17, 15) is 17.6 Å². The number of alkyl halides is 3. The van der Waals surface area contributed by atoms with E-state index in [1.165, 1.54) is 6.07 Å². The first-order valence-corrected chi connectivity index (χ1v) is 5.81. The van der Waals surface area contributed by atoms with Gasteiger partial charge in [0, 0.05) is 6.04 Å². The van der Waals surface area contributed by atoms with E-state index in [0.717, 1.165) is 18.6 Å². The molecular weight excluding hydrogens is 246 g/mol. The number of nitrogens with two attached hydrogens (primary N) is 1. The van der Waals surface area contributed by atoms with Gasteiger partial charge in [0.05, 0.1) is 5.56 Å². The van der Waals surface area contributed by atoms with Crippen molar-refractivity contribution in [3.05, 3.63) is 35.1 Å². The minimum absolute atomic E-state index is 0.212. The fraction of sp³-hybridized carbons (Fsp3) is 0.538. The van der Waals surface area contributed by atoms with Crippen LogP contribution in [0.15, 0.2) is 18.2 Å². The predicted molar refractivity (Wildman–Crippen MR) is 62.5 cm³/mol. The van der Waals surface area contributed by atoms with E-state index in [1.807, 2.05) is 13.8 Å². The van der Waals surface area contributed by atoms with Gasteiger partial charge >= 0.3 is 6.18 Å². The Morgan fingerprint density at radius 2 is 1.83 bits per heavy atom. The fourth-order valence-corrected chi connectivity index (χ4v) is 1.91. The fourth-order valence-electron chi connectivity index (χ4n) is 1.91. The second-order valence-corrected chi connectivity index (χ2v) is 4.91. The van der Waals surface area contributed by atoms with Crippen LogP contribution < -0.4 is 5.73 Å². The maximum Gasteiger partial charge on any atom is 0.419 e. The van der Waals surface area contributed by atoms with E-state index in [0.29, 0.717) is 17.9 Å². The van der Waals surface area contributed by atoms with E-state index in [4.69, 9.17) is 5.73 Å². The normalized spacial score (nSPS) is 14.0. The molecule has 0 saturated heterocycles. The average molecular weight is 263 g/mol. The molecule has 0 spiro atoms. The molecule has 0 bridgehead atoms. The molecule has 0 aromatic heterocycles. The Balaban J connectivity index is 2.86. The van der Waals surface area contributed by atoms with Crippen molar-refractivity contribution in [1.29, 1.82) is 0 Å². The summed E-state index contributed by atoms with van der Waals surface area (Å²) < 4.78 is 50.6. The standard InChI is InChI=1S/C13H17F4N/c1-8(2)5-10(18)6-9-3-4-12(14)11(7-9)13(15,16)17/h3-4,7-8,10H,5-6,18H2,1-2H3. The van der Waals surface area contributed by atoms with Crippen molar-refractivity contribution in [2.75, 3.05) is 0 Å². The monoisotopic (exact) mass is 263 g/mol. The molecule has 0 amide bonds. The molecule has 0 aliphatic carbocycles. The Morgan fingerprint density at radius 3 is 2.33 bits per heavy atom. The Morgan fingerprint density at radius 1 is 1.22 bits per heavy atom. The van der Waals surface area contributed by atoms with Crippen LogP contribution in [-0.4, -0.2) is 6.04 Å². The summed E-state index contributed by atoms with van der Waals surface area (Å²) in [5.74, 6) is -0.869. The summed E-state index contributed by atoms with van der Waals surface area (Å²) in [6.45, 7) is 3.98. The predicted octanol–water partition coefficient (Wildman–Crippen LogP) is 3.76. The third-order valence-corrected chi connectivity index (χ3v) is 2.61. The third-order valence-electron chi connectivity index (χ3n) is 2.61. The number of hydrogen-bond donors (Lipinski definition) is 1. The lowest BCUT2D eigenvalue weighted by Gasteiger charge is -2.15. The number of hydrogen-bond acceptors (Lipinski definition) is 1. The van der Waals surface area contributed by atoms with Gasteiger partial charge in [-0.05, 0) is 36.5 Å². The van der Waals surface area contributed by atoms with Crippen LogP contribution in [0.1, 0.15) is 31.4 Å². The van der Waals surface area contributed by atoms with Gasteiger partial charge in [0.15, 0.2) is 0 Å². The van der Waals surface area contributed by atoms with E-state index in [1.54, 1.807) is 0 Å². The highest BCUT2D eigenvalue weighted by Gasteiger charge is 2.34. The average Bonchev–Trinajstić information content (AvgIpc) is 2.17. The topological polar surface area (TPSA) is 26.0 Å². The van der Waals surface area contributed by atoms with Gasteiger partial charge in [-0.25, -0.2) is 4.39 Å². The SMILES string of the molecule is CC(C)CC(N)Cc1ccc(F)c(C(F)(F)F)c1. The van der Waals surface area contributed by atoms with E-state index in [-0.39, 0.29) is 6.04 Å². The van der Waals surface area contributed by atoms with Crippen LogP contribution in [0, 0.1) is 11.7 Å². The summed E-state index contributed by atoms with van der Waals surface area (Å²) in [4.78, 5) is 0. The van der Waals surface area contributed by atoms with Gasteiger partial charge in [0.2, 0.25) is 0 Å². The Hall–Kier alpha value is -1.10. The molecule has 1 nitrogen and oxygen atoms in total. The smallest absolute Gasteiger partial charge is 0.327 e. The van der Waals surface area contributed by atoms with Crippen molar-refractivity contribution in [2.24, 2.45) is 11.7 Å². The molecule has 0 saturated carbocycles. The lowest BCUT2D eigenvalue weighted by molar-refractivity contribution is -0.140. The van der Waals surface area contributed by atoms with Gasteiger partial charge in [-0.2, -0.15) is 13.2 Å². The van der Waals surface area contributed by atoms with Gasteiger partial charge in [0.1, 0.15) is 5.82 Å². The van der Waals surface area contributed by atoms with Crippen LogP contribution in [-0.2, 0) is 12.6 Å². The first-order chi connectivity index (χ1) is 8.20. The summed E-state index contributed by atoms with van der Waals surface area (Å²) in [5.41, 5.74) is 5.02. The van der Waals surface area contributed by atoms with Gasteiger partial charge < -0.3 is 5.73 Å². The molecule has 1 atom stereocenters. The minimum atomic E-state index is -4.66. The Bertz CT molecular complexity index is 398. The molecule has 1 aromatic rings.